The van der Waals surface area contributed by atoms with Gasteiger partial charge in [-0.25, -0.2) is 5.01 Å². The lowest BCUT2D eigenvalue weighted by Crippen LogP contribution is -2.34. The van der Waals surface area contributed by atoms with E-state index in [2.05, 4.69) is 5.43 Å². The molecule has 1 rings (SSSR count). The Kier molecular flexibility index (Phi) is 6.07. The molecule has 1 aromatic rings. The first kappa shape index (κ1) is 15.5. The summed E-state index contributed by atoms with van der Waals surface area (Å²) in [6, 6.07) is 7.09. The predicted octanol–water partition coefficient (Wildman–Crippen LogP) is 1.20. The highest BCUT2D eigenvalue weighted by Crippen LogP contribution is 2.28. The van der Waals surface area contributed by atoms with Gasteiger partial charge < -0.3 is 9.47 Å². The van der Waals surface area contributed by atoms with Crippen molar-refractivity contribution >= 4 is 12.0 Å². The highest BCUT2D eigenvalue weighted by atomic mass is 16.5. The van der Waals surface area contributed by atoms with Gasteiger partial charge in [-0.15, -0.1) is 0 Å². The third-order valence-electron chi connectivity index (χ3n) is 2.24. The molecule has 1 amide bonds. The second kappa shape index (κ2) is 7.81. The Morgan fingerprint density at radius 3 is 2.80 bits per heavy atom. The molecule has 0 heterocycles. The van der Waals surface area contributed by atoms with Crippen LogP contribution in [0.4, 0.5) is 0 Å². The fraction of sp³-hybridized carbons (Fsp3) is 0.286. The maximum absolute atomic E-state index is 11.5. The van der Waals surface area contributed by atoms with E-state index >= 15 is 0 Å². The van der Waals surface area contributed by atoms with Gasteiger partial charge in [-0.3, -0.25) is 10.2 Å². The van der Waals surface area contributed by atoms with Gasteiger partial charge in [-0.05, 0) is 23.8 Å². The monoisotopic (exact) mass is 275 g/mol. The van der Waals surface area contributed by atoms with Crippen LogP contribution in [0, 0.1) is 11.3 Å². The molecule has 106 valence electrons. The maximum atomic E-state index is 11.5. The van der Waals surface area contributed by atoms with E-state index in [1.807, 2.05) is 6.07 Å². The number of hydrazine groups is 1. The first-order valence-corrected chi connectivity index (χ1v) is 5.90. The summed E-state index contributed by atoms with van der Waals surface area (Å²) < 4.78 is 10.4. The Morgan fingerprint density at radius 2 is 2.20 bits per heavy atom. The van der Waals surface area contributed by atoms with Gasteiger partial charge >= 0.3 is 0 Å². The Bertz CT molecular complexity index is 533. The van der Waals surface area contributed by atoms with Crippen LogP contribution in [0.5, 0.6) is 11.5 Å². The van der Waals surface area contributed by atoms with Gasteiger partial charge in [0.05, 0.1) is 7.11 Å². The number of methoxy groups -OCH3 is 1. The molecule has 0 saturated carbocycles. The summed E-state index contributed by atoms with van der Waals surface area (Å²) in [6.07, 6.45) is 3.08. The normalized spacial score (nSPS) is 10.3. The number of benzene rings is 1. The first-order valence-electron chi connectivity index (χ1n) is 5.90. The number of ether oxygens (including phenoxy) is 2. The molecule has 1 N–H and O–H groups in total. The van der Waals surface area contributed by atoms with Crippen molar-refractivity contribution in [2.45, 2.75) is 0 Å². The van der Waals surface area contributed by atoms with Crippen molar-refractivity contribution < 1.29 is 14.3 Å². The molecule has 0 aromatic heterocycles. The number of nitrogens with zero attached hydrogens (tertiary/aromatic N) is 2. The van der Waals surface area contributed by atoms with Crippen molar-refractivity contribution in [1.29, 1.82) is 5.26 Å². The van der Waals surface area contributed by atoms with Crippen molar-refractivity contribution in [3.8, 4) is 17.6 Å². The largest absolute Gasteiger partial charge is 0.493 e. The molecule has 1 aromatic carbocycles. The summed E-state index contributed by atoms with van der Waals surface area (Å²) in [4.78, 5) is 11.5. The highest BCUT2D eigenvalue weighted by molar-refractivity contribution is 5.91. The van der Waals surface area contributed by atoms with Crippen molar-refractivity contribution in [1.82, 2.24) is 10.4 Å². The topological polar surface area (TPSA) is 74.6 Å². The SMILES string of the molecule is COc1cc(/C=C/C(=O)NN(C)C)ccc1OCC#N. The summed E-state index contributed by atoms with van der Waals surface area (Å²) in [5.74, 6) is 0.776. The predicted molar refractivity (Wildman–Crippen MR) is 75.0 cm³/mol. The minimum atomic E-state index is -0.223. The number of amides is 1. The molecule has 0 saturated heterocycles. The fourth-order valence-electron chi connectivity index (χ4n) is 1.45. The van der Waals surface area contributed by atoms with Gasteiger partial charge in [0.2, 0.25) is 0 Å². The smallest absolute Gasteiger partial charge is 0.258 e. The molecule has 6 heteroatoms. The minimum Gasteiger partial charge on any atom is -0.493 e. The molecule has 0 aliphatic rings. The lowest BCUT2D eigenvalue weighted by molar-refractivity contribution is -0.119. The van der Waals surface area contributed by atoms with Gasteiger partial charge in [0.1, 0.15) is 6.07 Å². The van der Waals surface area contributed by atoms with E-state index < -0.39 is 0 Å². The van der Waals surface area contributed by atoms with E-state index in [0.29, 0.717) is 11.5 Å². The van der Waals surface area contributed by atoms with E-state index in [1.165, 1.54) is 13.2 Å². The number of nitriles is 1. The zero-order chi connectivity index (χ0) is 15.0. The van der Waals surface area contributed by atoms with Crippen LogP contribution in [0.2, 0.25) is 0 Å². The standard InChI is InChI=1S/C14H17N3O3/c1-17(2)16-14(18)7-5-11-4-6-12(20-9-8-15)13(10-11)19-3/h4-7,10H,9H2,1-3H3,(H,16,18)/b7-5+. The second-order valence-electron chi connectivity index (χ2n) is 4.06. The van der Waals surface area contributed by atoms with Gasteiger partial charge in [-0.2, -0.15) is 5.26 Å². The summed E-state index contributed by atoms with van der Waals surface area (Å²) in [7, 11) is 4.98. The fourth-order valence-corrected chi connectivity index (χ4v) is 1.45. The number of nitrogens with one attached hydrogen (secondary N) is 1. The number of rotatable bonds is 6. The molecule has 0 radical (unpaired) electrons. The third-order valence-corrected chi connectivity index (χ3v) is 2.24. The molecule has 20 heavy (non-hydrogen) atoms. The van der Waals surface area contributed by atoms with Crippen LogP contribution in [-0.2, 0) is 4.79 Å². The molecule has 0 unspecified atom stereocenters. The van der Waals surface area contributed by atoms with E-state index in [-0.39, 0.29) is 12.5 Å². The number of hydrogen-bond acceptors (Lipinski definition) is 5. The molecule has 0 atom stereocenters. The summed E-state index contributed by atoms with van der Waals surface area (Å²) in [5.41, 5.74) is 3.39. The quantitative estimate of drug-likeness (QED) is 0.624. The van der Waals surface area contributed by atoms with E-state index in [1.54, 1.807) is 43.4 Å². The molecular formula is C14H17N3O3. The summed E-state index contributed by atoms with van der Waals surface area (Å²) in [5, 5.41) is 10.0. The lowest BCUT2D eigenvalue weighted by atomic mass is 10.2. The van der Waals surface area contributed by atoms with Crippen LogP contribution in [0.1, 0.15) is 5.56 Å². The van der Waals surface area contributed by atoms with Crippen molar-refractivity contribution in [3.63, 3.8) is 0 Å². The zero-order valence-electron chi connectivity index (χ0n) is 11.7. The van der Waals surface area contributed by atoms with Crippen molar-refractivity contribution in [3.05, 3.63) is 29.8 Å². The van der Waals surface area contributed by atoms with Gasteiger partial charge in [-0.1, -0.05) is 6.07 Å². The van der Waals surface area contributed by atoms with E-state index in [9.17, 15) is 4.79 Å². The van der Waals surface area contributed by atoms with Crippen molar-refractivity contribution in [2.24, 2.45) is 0 Å². The summed E-state index contributed by atoms with van der Waals surface area (Å²) >= 11 is 0. The molecule has 0 fully saturated rings. The molecule has 0 aliphatic carbocycles. The average Bonchev–Trinajstić information content (AvgIpc) is 2.42. The van der Waals surface area contributed by atoms with Crippen LogP contribution in [-0.4, -0.2) is 38.7 Å². The third kappa shape index (κ3) is 5.00. The van der Waals surface area contributed by atoms with Crippen molar-refractivity contribution in [2.75, 3.05) is 27.8 Å². The molecular weight excluding hydrogens is 258 g/mol. The Morgan fingerprint density at radius 1 is 1.45 bits per heavy atom. The Labute approximate surface area is 118 Å². The van der Waals surface area contributed by atoms with Gasteiger partial charge in [0.15, 0.2) is 18.1 Å². The number of carbonyl (C=O) groups is 1. The number of carbonyl (C=O) groups excluding carboxylic acids is 1. The molecule has 0 spiro atoms. The Balaban J connectivity index is 2.80. The highest BCUT2D eigenvalue weighted by Gasteiger charge is 2.04. The second-order valence-corrected chi connectivity index (χ2v) is 4.06. The van der Waals surface area contributed by atoms with Crippen LogP contribution >= 0.6 is 0 Å². The van der Waals surface area contributed by atoms with Crippen LogP contribution in [0.3, 0.4) is 0 Å². The minimum absolute atomic E-state index is 0.0449. The molecule has 0 bridgehead atoms. The van der Waals surface area contributed by atoms with Gasteiger partial charge in [0.25, 0.3) is 5.91 Å². The van der Waals surface area contributed by atoms with Crippen LogP contribution < -0.4 is 14.9 Å². The average molecular weight is 275 g/mol. The number of hydrogen-bond donors (Lipinski definition) is 1. The van der Waals surface area contributed by atoms with Crippen LogP contribution in [0.15, 0.2) is 24.3 Å². The van der Waals surface area contributed by atoms with E-state index in [0.717, 1.165) is 5.56 Å². The Hall–Kier alpha value is -2.52. The summed E-state index contributed by atoms with van der Waals surface area (Å²) in [6.45, 7) is -0.0449. The molecule has 6 nitrogen and oxygen atoms in total. The molecule has 0 aliphatic heterocycles. The zero-order valence-corrected chi connectivity index (χ0v) is 11.7. The maximum Gasteiger partial charge on any atom is 0.258 e. The van der Waals surface area contributed by atoms with Gasteiger partial charge in [0, 0.05) is 20.2 Å². The lowest BCUT2D eigenvalue weighted by Gasteiger charge is -2.10. The first-order chi connectivity index (χ1) is 9.56. The van der Waals surface area contributed by atoms with E-state index in [4.69, 9.17) is 14.7 Å². The van der Waals surface area contributed by atoms with Crippen LogP contribution in [0.25, 0.3) is 6.08 Å².